The van der Waals surface area contributed by atoms with E-state index in [1.807, 2.05) is 27.7 Å². The van der Waals surface area contributed by atoms with E-state index < -0.39 is 47.9 Å². The van der Waals surface area contributed by atoms with Crippen molar-refractivity contribution in [3.8, 4) is 11.5 Å². The summed E-state index contributed by atoms with van der Waals surface area (Å²) in [5, 5.41) is 8.50. The van der Waals surface area contributed by atoms with Gasteiger partial charge in [0, 0.05) is 29.0 Å². The third-order valence-electron chi connectivity index (χ3n) is 9.01. The number of benzene rings is 4. The van der Waals surface area contributed by atoms with Crippen molar-refractivity contribution in [3.05, 3.63) is 112 Å². The number of nitrogens with one attached hydrogen (secondary N) is 3. The lowest BCUT2D eigenvalue weighted by Gasteiger charge is -2.18. The molecule has 61 heavy (non-hydrogen) atoms. The molecule has 0 spiro atoms. The molecule has 19 heteroatoms. The molecule has 330 valence electrons. The van der Waals surface area contributed by atoms with Crippen LogP contribution in [-0.4, -0.2) is 36.5 Å². The minimum Gasteiger partial charge on any atom is -0.487 e. The van der Waals surface area contributed by atoms with Gasteiger partial charge in [-0.25, -0.2) is 4.79 Å². The maximum atomic E-state index is 13.6. The van der Waals surface area contributed by atoms with Gasteiger partial charge in [-0.1, -0.05) is 13.8 Å². The first-order valence-electron chi connectivity index (χ1n) is 18.8. The minimum atomic E-state index is -4.57. The molecule has 1 amide bonds. The molecular formula is C42H41Br4F6N3O6. The van der Waals surface area contributed by atoms with E-state index >= 15 is 0 Å². The van der Waals surface area contributed by atoms with Crippen LogP contribution in [0.4, 0.5) is 37.7 Å². The van der Waals surface area contributed by atoms with Gasteiger partial charge in [0.2, 0.25) is 0 Å². The predicted molar refractivity (Wildman–Crippen MR) is 234 cm³/mol. The molecule has 0 aromatic heterocycles. The fourth-order valence-electron chi connectivity index (χ4n) is 5.57. The molecule has 0 saturated heterocycles. The van der Waals surface area contributed by atoms with Crippen LogP contribution in [0.25, 0.3) is 0 Å². The molecule has 2 atom stereocenters. The van der Waals surface area contributed by atoms with Gasteiger partial charge >= 0.3 is 24.3 Å². The third-order valence-corrected chi connectivity index (χ3v) is 11.4. The highest BCUT2D eigenvalue weighted by molar-refractivity contribution is 9.11. The van der Waals surface area contributed by atoms with Crippen LogP contribution in [-0.2, 0) is 46.3 Å². The minimum absolute atomic E-state index is 0.0419. The van der Waals surface area contributed by atoms with E-state index in [-0.39, 0.29) is 55.0 Å². The number of rotatable bonds is 18. The standard InChI is InChI=1S/C42H41Br4F6N3O6/c1-5-22(3)54-30-11-25(9-28(17-30)41(47,48)49)20-59-38-32(43)13-24(14-33(38)44)7-8-36(56)61-37(57)19-53-40(58)27-15-34(45)39(35(46)16-27)60-21-26-10-29(42(50,51)52)18-31(12-26)55-23(4)6-2/h9-18,22-23,54-55H,5-8,19-21H2,1-4H3,(H,53,58). The molecular weight excluding hydrogens is 1080 g/mol. The van der Waals surface area contributed by atoms with Crippen molar-refractivity contribution < 1.29 is 54.9 Å². The van der Waals surface area contributed by atoms with Crippen LogP contribution in [0.5, 0.6) is 11.5 Å². The van der Waals surface area contributed by atoms with Crippen molar-refractivity contribution in [3.63, 3.8) is 0 Å². The molecule has 0 bridgehead atoms. The van der Waals surface area contributed by atoms with Gasteiger partial charge < -0.3 is 30.2 Å². The molecule has 3 N–H and O–H groups in total. The SMILES string of the molecule is CCC(C)Nc1cc(COc2c(Br)cc(CCC(=O)OC(=O)CNC(=O)c3cc(Br)c(OCc4cc(NC(C)CC)cc(C(F)(F)F)c4)c(Br)c3)cc2Br)cc(C(F)(F)F)c1. The topological polar surface area (TPSA) is 115 Å². The van der Waals surface area contributed by atoms with Crippen LogP contribution < -0.4 is 25.4 Å². The van der Waals surface area contributed by atoms with Gasteiger partial charge in [0.05, 0.1) is 35.4 Å². The second-order valence-corrected chi connectivity index (χ2v) is 17.4. The maximum Gasteiger partial charge on any atom is 0.416 e. The number of aryl methyl sites for hydroxylation is 1. The zero-order valence-corrected chi connectivity index (χ0v) is 39.5. The van der Waals surface area contributed by atoms with E-state index in [9.17, 15) is 40.7 Å². The van der Waals surface area contributed by atoms with Crippen LogP contribution in [0, 0.1) is 0 Å². The van der Waals surface area contributed by atoms with Crippen molar-refractivity contribution in [2.24, 2.45) is 0 Å². The lowest BCUT2D eigenvalue weighted by molar-refractivity contribution is -0.159. The van der Waals surface area contributed by atoms with Crippen LogP contribution in [0.1, 0.15) is 85.1 Å². The average Bonchev–Trinajstić information content (AvgIpc) is 3.17. The highest BCUT2D eigenvalue weighted by atomic mass is 79.9. The van der Waals surface area contributed by atoms with Crippen LogP contribution in [0.15, 0.2) is 78.6 Å². The van der Waals surface area contributed by atoms with Gasteiger partial charge in [-0.05, 0) is 174 Å². The first-order valence-corrected chi connectivity index (χ1v) is 21.9. The number of halogens is 10. The second-order valence-electron chi connectivity index (χ2n) is 14.0. The van der Waals surface area contributed by atoms with Gasteiger partial charge in [0.25, 0.3) is 5.91 Å². The third kappa shape index (κ3) is 15.2. The lowest BCUT2D eigenvalue weighted by atomic mass is 10.1. The highest BCUT2D eigenvalue weighted by Gasteiger charge is 2.32. The van der Waals surface area contributed by atoms with Crippen molar-refractivity contribution in [1.82, 2.24) is 5.32 Å². The number of hydrogen-bond donors (Lipinski definition) is 3. The molecule has 9 nitrogen and oxygen atoms in total. The van der Waals surface area contributed by atoms with Gasteiger partial charge in [-0.3, -0.25) is 9.59 Å². The zero-order valence-electron chi connectivity index (χ0n) is 33.1. The molecule has 0 aliphatic heterocycles. The van der Waals surface area contributed by atoms with Crippen LogP contribution >= 0.6 is 63.7 Å². The fraction of sp³-hybridized carbons (Fsp3) is 0.357. The van der Waals surface area contributed by atoms with Gasteiger partial charge in [-0.2, -0.15) is 26.3 Å². The number of ether oxygens (including phenoxy) is 3. The van der Waals surface area contributed by atoms with Crippen molar-refractivity contribution in [1.29, 1.82) is 0 Å². The summed E-state index contributed by atoms with van der Waals surface area (Å²) in [6.07, 6.45) is -7.76. The Hall–Kier alpha value is -3.81. The summed E-state index contributed by atoms with van der Waals surface area (Å²) < 4.78 is 99.8. The van der Waals surface area contributed by atoms with Gasteiger partial charge in [-0.15, -0.1) is 0 Å². The van der Waals surface area contributed by atoms with Crippen LogP contribution in [0.3, 0.4) is 0 Å². The normalized spacial score (nSPS) is 12.6. The molecule has 2 unspecified atom stereocenters. The Bertz CT molecular complexity index is 2180. The van der Waals surface area contributed by atoms with E-state index in [2.05, 4.69) is 79.7 Å². The summed E-state index contributed by atoms with van der Waals surface area (Å²) >= 11 is 13.5. The van der Waals surface area contributed by atoms with E-state index in [0.29, 0.717) is 59.0 Å². The summed E-state index contributed by atoms with van der Waals surface area (Å²) in [7, 11) is 0. The van der Waals surface area contributed by atoms with Crippen LogP contribution in [0.2, 0.25) is 0 Å². The first-order chi connectivity index (χ1) is 28.6. The first kappa shape index (κ1) is 49.8. The number of esters is 2. The molecule has 4 aromatic carbocycles. The smallest absolute Gasteiger partial charge is 0.416 e. The molecule has 0 saturated carbocycles. The summed E-state index contributed by atoms with van der Waals surface area (Å²) in [6, 6.07) is 13.3. The Labute approximate surface area is 382 Å². The molecule has 0 radical (unpaired) electrons. The summed E-state index contributed by atoms with van der Waals surface area (Å²) in [4.78, 5) is 37.8. The molecule has 4 rings (SSSR count). The summed E-state index contributed by atoms with van der Waals surface area (Å²) in [5.74, 6) is -2.01. The quantitative estimate of drug-likeness (QED) is 0.0513. The molecule has 0 fully saturated rings. The van der Waals surface area contributed by atoms with E-state index in [4.69, 9.17) is 14.2 Å². The monoisotopic (exact) mass is 1110 g/mol. The van der Waals surface area contributed by atoms with Crippen molar-refractivity contribution in [2.45, 2.75) is 91.0 Å². The van der Waals surface area contributed by atoms with Gasteiger partial charge in [0.1, 0.15) is 31.3 Å². The Kier molecular flexibility index (Phi) is 18.0. The zero-order chi connectivity index (χ0) is 45.2. The van der Waals surface area contributed by atoms with E-state index in [1.54, 1.807) is 24.3 Å². The Morgan fingerprint density at radius 3 is 1.44 bits per heavy atom. The van der Waals surface area contributed by atoms with Crippen molar-refractivity contribution in [2.75, 3.05) is 17.2 Å². The molecule has 4 aromatic rings. The highest BCUT2D eigenvalue weighted by Crippen LogP contribution is 2.39. The second kappa shape index (κ2) is 22.0. The number of alkyl halides is 6. The summed E-state index contributed by atoms with van der Waals surface area (Å²) in [6.45, 7) is 6.52. The molecule has 0 heterocycles. The Balaban J connectivity index is 1.29. The predicted octanol–water partition coefficient (Wildman–Crippen LogP) is 12.8. The molecule has 0 aliphatic rings. The largest absolute Gasteiger partial charge is 0.487 e. The number of amides is 1. The van der Waals surface area contributed by atoms with E-state index in [0.717, 1.165) is 24.3 Å². The average molecular weight is 1120 g/mol. The number of carbonyl (C=O) groups is 3. The fourth-order valence-corrected chi connectivity index (χ4v) is 8.49. The van der Waals surface area contributed by atoms with E-state index in [1.165, 1.54) is 12.1 Å². The van der Waals surface area contributed by atoms with Crippen molar-refractivity contribution >= 4 is 92.9 Å². The lowest BCUT2D eigenvalue weighted by Crippen LogP contribution is -2.31. The maximum absolute atomic E-state index is 13.6. The molecule has 0 aliphatic carbocycles. The van der Waals surface area contributed by atoms with Gasteiger partial charge in [0.15, 0.2) is 0 Å². The Morgan fingerprint density at radius 1 is 0.607 bits per heavy atom. The summed E-state index contributed by atoms with van der Waals surface area (Å²) in [5.41, 5.74) is 0.287. The number of hydrogen-bond acceptors (Lipinski definition) is 8. The number of carbonyl (C=O) groups excluding carboxylic acids is 3. The number of anilines is 2. The Morgan fingerprint density at radius 2 is 1.03 bits per heavy atom.